The van der Waals surface area contributed by atoms with E-state index in [4.69, 9.17) is 0 Å². The number of nitrogens with zero attached hydrogens (tertiary/aromatic N) is 2. The smallest absolute Gasteiger partial charge is 0.267 e. The van der Waals surface area contributed by atoms with Crippen molar-refractivity contribution in [2.24, 2.45) is 0 Å². The average Bonchev–Trinajstić information content (AvgIpc) is 2.83. The first-order valence-corrected chi connectivity index (χ1v) is 10.5. The third-order valence-corrected chi connectivity index (χ3v) is 5.32. The van der Waals surface area contributed by atoms with E-state index < -0.39 is 11.8 Å². The largest absolute Gasteiger partial charge is 0.290 e. The van der Waals surface area contributed by atoms with Crippen LogP contribution in [0.5, 0.6) is 0 Å². The molecule has 2 amide bonds. The lowest BCUT2D eigenvalue weighted by atomic mass is 9.87. The molecular formula is C26H24N4O3. The molecule has 2 N–H and O–H groups in total. The second-order valence-corrected chi connectivity index (χ2v) is 8.68. The molecule has 7 heteroatoms. The Bertz CT molecular complexity index is 1390. The van der Waals surface area contributed by atoms with E-state index in [0.29, 0.717) is 22.0 Å². The van der Waals surface area contributed by atoms with E-state index in [0.717, 1.165) is 5.56 Å². The Morgan fingerprint density at radius 3 is 1.97 bits per heavy atom. The average molecular weight is 441 g/mol. The zero-order valence-corrected chi connectivity index (χ0v) is 18.6. The predicted molar refractivity (Wildman–Crippen MR) is 127 cm³/mol. The molecule has 0 unspecified atom stereocenters. The number of hydrazine groups is 1. The molecule has 7 nitrogen and oxygen atoms in total. The molecule has 0 atom stereocenters. The number of hydrogen-bond acceptors (Lipinski definition) is 4. The Morgan fingerprint density at radius 2 is 1.33 bits per heavy atom. The number of hydrogen-bond donors (Lipinski definition) is 2. The van der Waals surface area contributed by atoms with Crippen LogP contribution in [-0.2, 0) is 5.41 Å². The Hall–Kier alpha value is -4.26. The summed E-state index contributed by atoms with van der Waals surface area (Å²) in [5, 5.41) is 5.05. The highest BCUT2D eigenvalue weighted by Crippen LogP contribution is 2.22. The second kappa shape index (κ2) is 8.70. The first-order valence-electron chi connectivity index (χ1n) is 10.5. The summed E-state index contributed by atoms with van der Waals surface area (Å²) in [7, 11) is 0. The second-order valence-electron chi connectivity index (χ2n) is 8.68. The highest BCUT2D eigenvalue weighted by atomic mass is 16.2. The quantitative estimate of drug-likeness (QED) is 0.475. The number of benzene rings is 3. The predicted octanol–water partition coefficient (Wildman–Crippen LogP) is 3.76. The summed E-state index contributed by atoms with van der Waals surface area (Å²) in [6, 6.07) is 22.8. The molecule has 33 heavy (non-hydrogen) atoms. The minimum absolute atomic E-state index is 0.0254. The molecule has 4 rings (SSSR count). The van der Waals surface area contributed by atoms with Crippen LogP contribution in [0.15, 0.2) is 83.7 Å². The van der Waals surface area contributed by atoms with E-state index in [9.17, 15) is 14.4 Å². The summed E-state index contributed by atoms with van der Waals surface area (Å²) in [5.74, 6) is -1.08. The maximum Gasteiger partial charge on any atom is 0.290 e. The van der Waals surface area contributed by atoms with Crippen molar-refractivity contribution < 1.29 is 9.59 Å². The number of carbonyl (C=O) groups excluding carboxylic acids is 2. The number of aromatic nitrogens is 2. The minimum Gasteiger partial charge on any atom is -0.267 e. The maximum absolute atomic E-state index is 13.0. The topological polar surface area (TPSA) is 93.1 Å². The molecule has 1 heterocycles. The van der Waals surface area contributed by atoms with Gasteiger partial charge >= 0.3 is 0 Å². The van der Waals surface area contributed by atoms with E-state index in [1.54, 1.807) is 60.7 Å². The molecule has 0 radical (unpaired) electrons. The molecule has 0 spiro atoms. The molecule has 0 aliphatic rings. The van der Waals surface area contributed by atoms with E-state index in [-0.39, 0.29) is 16.7 Å². The van der Waals surface area contributed by atoms with Crippen LogP contribution in [0.4, 0.5) is 0 Å². The summed E-state index contributed by atoms with van der Waals surface area (Å²) >= 11 is 0. The van der Waals surface area contributed by atoms with Crippen molar-refractivity contribution >= 4 is 22.6 Å². The standard InChI is InChI=1S/C26H24N4O3/c1-26(2,3)18-15-13-17(14-16-18)23(31)27-28-24(32)22-20-11-7-8-12-21(20)25(33)30(29-22)19-9-5-4-6-10-19/h4-16H,1-3H3,(H,27,31)(H,28,32). The van der Waals surface area contributed by atoms with Crippen LogP contribution in [0.1, 0.15) is 47.2 Å². The van der Waals surface area contributed by atoms with Gasteiger partial charge in [0.1, 0.15) is 0 Å². The van der Waals surface area contributed by atoms with E-state index in [2.05, 4.69) is 36.7 Å². The highest BCUT2D eigenvalue weighted by molar-refractivity contribution is 6.06. The molecule has 166 valence electrons. The molecule has 0 saturated carbocycles. The van der Waals surface area contributed by atoms with Crippen molar-refractivity contribution in [3.8, 4) is 5.69 Å². The molecule has 1 aromatic heterocycles. The molecule has 4 aromatic rings. The van der Waals surface area contributed by atoms with Gasteiger partial charge in [-0.1, -0.05) is 69.3 Å². The molecule has 0 saturated heterocycles. The monoisotopic (exact) mass is 440 g/mol. The third kappa shape index (κ3) is 4.52. The zero-order chi connectivity index (χ0) is 23.6. The third-order valence-electron chi connectivity index (χ3n) is 5.32. The summed E-state index contributed by atoms with van der Waals surface area (Å²) < 4.78 is 1.18. The molecule has 0 aliphatic heterocycles. The van der Waals surface area contributed by atoms with E-state index >= 15 is 0 Å². The van der Waals surface area contributed by atoms with Gasteiger partial charge < -0.3 is 0 Å². The Morgan fingerprint density at radius 1 is 0.758 bits per heavy atom. The first-order chi connectivity index (χ1) is 15.8. The van der Waals surface area contributed by atoms with Crippen LogP contribution >= 0.6 is 0 Å². The highest BCUT2D eigenvalue weighted by Gasteiger charge is 2.19. The van der Waals surface area contributed by atoms with Crippen LogP contribution < -0.4 is 16.4 Å². The van der Waals surface area contributed by atoms with Crippen molar-refractivity contribution in [2.75, 3.05) is 0 Å². The fourth-order valence-electron chi connectivity index (χ4n) is 3.47. The van der Waals surface area contributed by atoms with Crippen LogP contribution in [0.2, 0.25) is 0 Å². The van der Waals surface area contributed by atoms with Gasteiger partial charge in [0.25, 0.3) is 17.4 Å². The van der Waals surface area contributed by atoms with Gasteiger partial charge in [-0.15, -0.1) is 0 Å². The van der Waals surface area contributed by atoms with E-state index in [1.807, 2.05) is 18.2 Å². The maximum atomic E-state index is 13.0. The van der Waals surface area contributed by atoms with E-state index in [1.165, 1.54) is 4.68 Å². The first kappa shape index (κ1) is 22.0. The summed E-state index contributed by atoms with van der Waals surface area (Å²) in [5.41, 5.74) is 6.55. The van der Waals surface area contributed by atoms with Gasteiger partial charge in [0.05, 0.1) is 11.1 Å². The number of carbonyl (C=O) groups is 2. The molecule has 3 aromatic carbocycles. The van der Waals surface area contributed by atoms with Crippen molar-refractivity contribution in [3.63, 3.8) is 0 Å². The minimum atomic E-state index is -0.629. The Kier molecular flexibility index (Phi) is 5.79. The van der Waals surface area contributed by atoms with Gasteiger partial charge in [-0.2, -0.15) is 9.78 Å². The fraction of sp³-hybridized carbons (Fsp3) is 0.154. The lowest BCUT2D eigenvalue weighted by Crippen LogP contribution is -2.42. The number of nitrogens with one attached hydrogen (secondary N) is 2. The normalized spacial score (nSPS) is 11.2. The van der Waals surface area contributed by atoms with Gasteiger partial charge in [0.2, 0.25) is 0 Å². The summed E-state index contributed by atoms with van der Waals surface area (Å²) in [6.45, 7) is 6.28. The Labute approximate surface area is 191 Å². The lowest BCUT2D eigenvalue weighted by Gasteiger charge is -2.19. The van der Waals surface area contributed by atoms with Crippen LogP contribution in [0.3, 0.4) is 0 Å². The summed E-state index contributed by atoms with van der Waals surface area (Å²) in [4.78, 5) is 38.5. The van der Waals surface area contributed by atoms with Crippen molar-refractivity contribution in [3.05, 3.63) is 106 Å². The molecular weight excluding hydrogens is 416 g/mol. The SMILES string of the molecule is CC(C)(C)c1ccc(C(=O)NNC(=O)c2nn(-c3ccccc3)c(=O)c3ccccc23)cc1. The lowest BCUT2D eigenvalue weighted by molar-refractivity contribution is 0.0844. The van der Waals surface area contributed by atoms with Crippen LogP contribution in [0.25, 0.3) is 16.5 Å². The van der Waals surface area contributed by atoms with Crippen molar-refractivity contribution in [1.29, 1.82) is 0 Å². The van der Waals surface area contributed by atoms with Crippen molar-refractivity contribution in [1.82, 2.24) is 20.6 Å². The van der Waals surface area contributed by atoms with Crippen LogP contribution in [-0.4, -0.2) is 21.6 Å². The number of amides is 2. The number of para-hydroxylation sites is 1. The zero-order valence-electron chi connectivity index (χ0n) is 18.6. The number of fused-ring (bicyclic) bond motifs is 1. The van der Waals surface area contributed by atoms with Gasteiger partial charge in [-0.05, 0) is 41.3 Å². The molecule has 0 aliphatic carbocycles. The fourth-order valence-corrected chi connectivity index (χ4v) is 3.47. The van der Waals surface area contributed by atoms with Gasteiger partial charge in [0.15, 0.2) is 5.69 Å². The summed E-state index contributed by atoms with van der Waals surface area (Å²) in [6.07, 6.45) is 0. The molecule has 0 fully saturated rings. The van der Waals surface area contributed by atoms with Gasteiger partial charge in [-0.3, -0.25) is 25.2 Å². The van der Waals surface area contributed by atoms with Crippen LogP contribution in [0, 0.1) is 0 Å². The molecule has 0 bridgehead atoms. The Balaban J connectivity index is 1.61. The van der Waals surface area contributed by atoms with Gasteiger partial charge in [-0.25, -0.2) is 0 Å². The van der Waals surface area contributed by atoms with Gasteiger partial charge in [0, 0.05) is 10.9 Å². The van der Waals surface area contributed by atoms with Crippen molar-refractivity contribution in [2.45, 2.75) is 26.2 Å². The number of rotatable bonds is 3.